The molecule has 1 aromatic rings. The van der Waals surface area contributed by atoms with Crippen LogP contribution in [-0.4, -0.2) is 38.8 Å². The van der Waals surface area contributed by atoms with Crippen molar-refractivity contribution in [3.8, 4) is 0 Å². The van der Waals surface area contributed by atoms with Gasteiger partial charge in [0.05, 0.1) is 6.61 Å². The van der Waals surface area contributed by atoms with Crippen molar-refractivity contribution in [1.29, 1.82) is 0 Å². The molecule has 114 valence electrons. The molecule has 1 aromatic heterocycles. The second kappa shape index (κ2) is 7.95. The molecule has 20 heavy (non-hydrogen) atoms. The monoisotopic (exact) mass is 317 g/mol. The predicted molar refractivity (Wildman–Crippen MR) is 83.2 cm³/mol. The van der Waals surface area contributed by atoms with Crippen LogP contribution in [0, 0.1) is 0 Å². The summed E-state index contributed by atoms with van der Waals surface area (Å²) in [6.45, 7) is 10.3. The van der Waals surface area contributed by atoms with Crippen molar-refractivity contribution < 1.29 is 9.53 Å². The number of esters is 1. The lowest BCUT2D eigenvalue weighted by molar-refractivity contribution is -0.151. The lowest BCUT2D eigenvalue weighted by Gasteiger charge is -2.32. The molecule has 0 saturated carbocycles. The fourth-order valence-electron chi connectivity index (χ4n) is 2.13. The molecular formula is C13H23N3O2S2. The van der Waals surface area contributed by atoms with Crippen molar-refractivity contribution in [2.75, 3.05) is 6.61 Å². The van der Waals surface area contributed by atoms with E-state index < -0.39 is 5.54 Å². The first kappa shape index (κ1) is 17.4. The van der Waals surface area contributed by atoms with E-state index in [0.29, 0.717) is 13.0 Å². The number of hydrogen-bond acceptors (Lipinski definition) is 7. The first-order chi connectivity index (χ1) is 9.37. The van der Waals surface area contributed by atoms with Crippen molar-refractivity contribution in [1.82, 2.24) is 14.7 Å². The van der Waals surface area contributed by atoms with Gasteiger partial charge in [-0.1, -0.05) is 18.7 Å². The van der Waals surface area contributed by atoms with Crippen molar-refractivity contribution in [3.05, 3.63) is 6.33 Å². The number of aromatic nitrogens is 2. The summed E-state index contributed by atoms with van der Waals surface area (Å²) in [5.41, 5.74) is -0.679. The highest BCUT2D eigenvalue weighted by Crippen LogP contribution is 2.30. The van der Waals surface area contributed by atoms with Crippen LogP contribution in [0.2, 0.25) is 0 Å². The molecule has 2 unspecified atom stereocenters. The van der Waals surface area contributed by atoms with E-state index in [0.717, 1.165) is 4.34 Å². The van der Waals surface area contributed by atoms with Gasteiger partial charge >= 0.3 is 5.97 Å². The van der Waals surface area contributed by atoms with Crippen LogP contribution in [0.3, 0.4) is 0 Å². The van der Waals surface area contributed by atoms with E-state index in [1.54, 1.807) is 18.1 Å². The molecule has 0 aliphatic heterocycles. The van der Waals surface area contributed by atoms with Crippen LogP contribution in [0.25, 0.3) is 0 Å². The van der Waals surface area contributed by atoms with E-state index in [1.807, 2.05) is 27.7 Å². The minimum Gasteiger partial charge on any atom is -0.465 e. The fraction of sp³-hybridized carbons (Fsp3) is 0.769. The van der Waals surface area contributed by atoms with Crippen LogP contribution in [0.4, 0.5) is 0 Å². The van der Waals surface area contributed by atoms with Crippen molar-refractivity contribution in [3.63, 3.8) is 0 Å². The van der Waals surface area contributed by atoms with Crippen LogP contribution < -0.4 is 5.32 Å². The molecule has 1 rings (SSSR count). The molecule has 5 nitrogen and oxygen atoms in total. The molecule has 0 aromatic carbocycles. The smallest absolute Gasteiger partial charge is 0.326 e. The van der Waals surface area contributed by atoms with Gasteiger partial charge in [0, 0.05) is 11.3 Å². The molecule has 0 aliphatic rings. The van der Waals surface area contributed by atoms with Gasteiger partial charge < -0.3 is 4.74 Å². The Morgan fingerprint density at radius 3 is 2.75 bits per heavy atom. The highest BCUT2D eigenvalue weighted by molar-refractivity contribution is 8.01. The number of hydrogen-bond donors (Lipinski definition) is 1. The molecule has 0 bridgehead atoms. The average Bonchev–Trinajstić information content (AvgIpc) is 2.80. The van der Waals surface area contributed by atoms with Gasteiger partial charge in [0.1, 0.15) is 11.9 Å². The summed E-state index contributed by atoms with van der Waals surface area (Å²) in [4.78, 5) is 16.4. The summed E-state index contributed by atoms with van der Waals surface area (Å²) in [6.07, 6.45) is 2.23. The number of rotatable bonds is 8. The van der Waals surface area contributed by atoms with Crippen molar-refractivity contribution in [2.45, 2.75) is 62.2 Å². The standard InChI is InChI=1S/C13H23N3O2S2/c1-6-18-11(17)13(5,16-9(2)3)7-10(4)19-12-14-8-15-20-12/h8-10,16H,6-7H2,1-5H3. The highest BCUT2D eigenvalue weighted by Gasteiger charge is 2.36. The zero-order valence-corrected chi connectivity index (χ0v) is 14.3. The average molecular weight is 317 g/mol. The van der Waals surface area contributed by atoms with E-state index >= 15 is 0 Å². The molecule has 0 aliphatic carbocycles. The van der Waals surface area contributed by atoms with E-state index in [2.05, 4.69) is 21.6 Å². The van der Waals surface area contributed by atoms with Gasteiger partial charge in [0.2, 0.25) is 0 Å². The van der Waals surface area contributed by atoms with E-state index in [-0.39, 0.29) is 17.3 Å². The molecule has 1 heterocycles. The van der Waals surface area contributed by atoms with Gasteiger partial charge in [-0.2, -0.15) is 4.37 Å². The third kappa shape index (κ3) is 5.38. The third-order valence-corrected chi connectivity index (χ3v) is 4.52. The quantitative estimate of drug-likeness (QED) is 0.587. The molecular weight excluding hydrogens is 294 g/mol. The Morgan fingerprint density at radius 1 is 1.55 bits per heavy atom. The fourth-order valence-corrected chi connectivity index (χ4v) is 4.07. The second-order valence-electron chi connectivity index (χ2n) is 5.19. The Bertz CT molecular complexity index is 412. The lowest BCUT2D eigenvalue weighted by Crippen LogP contribution is -2.54. The second-order valence-corrected chi connectivity index (χ2v) is 7.66. The van der Waals surface area contributed by atoms with E-state index in [1.165, 1.54) is 11.5 Å². The summed E-state index contributed by atoms with van der Waals surface area (Å²) in [5.74, 6) is -0.196. The normalized spacial score (nSPS) is 15.9. The number of thioether (sulfide) groups is 1. The molecule has 0 amide bonds. The highest BCUT2D eigenvalue weighted by atomic mass is 32.2. The van der Waals surface area contributed by atoms with Gasteiger partial charge in [-0.05, 0) is 45.6 Å². The summed E-state index contributed by atoms with van der Waals surface area (Å²) in [6, 6.07) is 0.211. The molecule has 0 fully saturated rings. The van der Waals surface area contributed by atoms with Crippen molar-refractivity contribution >= 4 is 29.3 Å². The third-order valence-electron chi connectivity index (χ3n) is 2.67. The summed E-state index contributed by atoms with van der Waals surface area (Å²) >= 11 is 3.01. The maximum absolute atomic E-state index is 12.2. The summed E-state index contributed by atoms with van der Waals surface area (Å²) in [5, 5.41) is 3.57. The Morgan fingerprint density at radius 2 is 2.25 bits per heavy atom. The van der Waals surface area contributed by atoms with E-state index in [4.69, 9.17) is 4.74 Å². The van der Waals surface area contributed by atoms with Crippen LogP contribution in [0.1, 0.15) is 41.0 Å². The van der Waals surface area contributed by atoms with Gasteiger partial charge in [-0.25, -0.2) is 4.98 Å². The molecule has 2 atom stereocenters. The largest absolute Gasteiger partial charge is 0.465 e. The molecule has 0 saturated heterocycles. The first-order valence-corrected chi connectivity index (χ1v) is 8.41. The van der Waals surface area contributed by atoms with Gasteiger partial charge in [0.15, 0.2) is 4.34 Å². The Kier molecular flexibility index (Phi) is 6.91. The van der Waals surface area contributed by atoms with Gasteiger partial charge in [0.25, 0.3) is 0 Å². The maximum atomic E-state index is 12.2. The topological polar surface area (TPSA) is 64.1 Å². The minimum atomic E-state index is -0.679. The Balaban J connectivity index is 2.70. The van der Waals surface area contributed by atoms with Gasteiger partial charge in [-0.3, -0.25) is 10.1 Å². The number of nitrogens with zero attached hydrogens (tertiary/aromatic N) is 2. The molecule has 0 radical (unpaired) electrons. The van der Waals surface area contributed by atoms with Crippen molar-refractivity contribution in [2.24, 2.45) is 0 Å². The molecule has 7 heteroatoms. The number of carbonyl (C=O) groups excluding carboxylic acids is 1. The zero-order valence-electron chi connectivity index (χ0n) is 12.7. The van der Waals surface area contributed by atoms with Crippen LogP contribution in [0.15, 0.2) is 10.7 Å². The van der Waals surface area contributed by atoms with E-state index in [9.17, 15) is 4.79 Å². The number of ether oxygens (including phenoxy) is 1. The Labute approximate surface area is 129 Å². The summed E-state index contributed by atoms with van der Waals surface area (Å²) < 4.78 is 10.1. The van der Waals surface area contributed by atoms with Crippen LogP contribution in [0.5, 0.6) is 0 Å². The lowest BCUT2D eigenvalue weighted by atomic mass is 9.95. The first-order valence-electron chi connectivity index (χ1n) is 6.75. The van der Waals surface area contributed by atoms with Crippen LogP contribution >= 0.6 is 23.3 Å². The van der Waals surface area contributed by atoms with Crippen LogP contribution in [-0.2, 0) is 9.53 Å². The minimum absolute atomic E-state index is 0.196. The number of nitrogens with one attached hydrogen (secondary N) is 1. The molecule has 1 N–H and O–H groups in total. The zero-order chi connectivity index (χ0) is 15.2. The molecule has 0 spiro atoms. The van der Waals surface area contributed by atoms with Gasteiger partial charge in [-0.15, -0.1) is 0 Å². The summed E-state index contributed by atoms with van der Waals surface area (Å²) in [7, 11) is 0. The number of carbonyl (C=O) groups is 1. The maximum Gasteiger partial charge on any atom is 0.326 e. The predicted octanol–water partition coefficient (Wildman–Crippen LogP) is 2.73. The SMILES string of the molecule is CCOC(=O)C(C)(CC(C)Sc1ncns1)NC(C)C. The Hall–Kier alpha value is -0.660.